The number of halogens is 13. The van der Waals surface area contributed by atoms with E-state index in [1.165, 1.54) is 0 Å². The molecular weight excluding hydrogens is 870 g/mol. The van der Waals surface area contributed by atoms with Gasteiger partial charge in [-0.1, -0.05) is 24.3 Å². The van der Waals surface area contributed by atoms with E-state index in [0.29, 0.717) is 57.7 Å². The summed E-state index contributed by atoms with van der Waals surface area (Å²) in [6.07, 6.45) is -19.6. The lowest BCUT2D eigenvalue weighted by atomic mass is 10.2. The first kappa shape index (κ1) is 43.0. The van der Waals surface area contributed by atoms with Crippen molar-refractivity contribution in [2.75, 3.05) is 0 Å². The molecule has 24 heteroatoms. The molecule has 3 atom stereocenters. The molecule has 58 heavy (non-hydrogen) atoms. The summed E-state index contributed by atoms with van der Waals surface area (Å²) < 4.78 is 193. The van der Waals surface area contributed by atoms with Crippen LogP contribution in [0, 0.1) is 5.82 Å². The van der Waals surface area contributed by atoms with Gasteiger partial charge in [0.25, 0.3) is 0 Å². The third kappa shape index (κ3) is 10.9. The van der Waals surface area contributed by atoms with Gasteiger partial charge < -0.3 is 23.6 Å². The van der Waals surface area contributed by atoms with Gasteiger partial charge in [-0.15, -0.1) is 0 Å². The van der Waals surface area contributed by atoms with Crippen molar-refractivity contribution in [2.45, 2.75) is 24.7 Å². The van der Waals surface area contributed by atoms with E-state index in [1.54, 1.807) is 0 Å². The maximum Gasteiger partial charge on any atom is 0.416 e. The minimum Gasteiger partial charge on any atom is -0.440 e. The number of alkyl halides is 12. The summed E-state index contributed by atoms with van der Waals surface area (Å²) in [4.78, 5) is 17.6. The zero-order chi connectivity index (χ0) is 42.0. The maximum absolute atomic E-state index is 13.9. The molecule has 8 nitrogen and oxygen atoms in total. The predicted octanol–water partition coefficient (Wildman–Crippen LogP) is 13.2. The second-order valence-corrected chi connectivity index (χ2v) is 16.3. The highest BCUT2D eigenvalue weighted by Gasteiger charge is 2.53. The lowest BCUT2D eigenvalue weighted by molar-refractivity contribution is -0.138. The van der Waals surface area contributed by atoms with Crippen molar-refractivity contribution in [1.29, 1.82) is 0 Å². The maximum atomic E-state index is 13.9. The van der Waals surface area contributed by atoms with E-state index in [1.807, 2.05) is 0 Å². The molecule has 3 unspecified atom stereocenters. The second-order valence-electron chi connectivity index (χ2n) is 11.4. The van der Waals surface area contributed by atoms with Crippen LogP contribution in [0.25, 0.3) is 0 Å². The summed E-state index contributed by atoms with van der Waals surface area (Å²) in [5.41, 5.74) is -4.89. The Balaban J connectivity index is 1.53. The summed E-state index contributed by atoms with van der Waals surface area (Å²) >= 11 is 0. The Morgan fingerprint density at radius 1 is 0.397 bits per heavy atom. The Bertz CT molecular complexity index is 2200. The molecule has 1 heterocycles. The van der Waals surface area contributed by atoms with Gasteiger partial charge in [0.2, 0.25) is 0 Å². The molecule has 0 spiro atoms. The third-order valence-corrected chi connectivity index (χ3v) is 12.5. The van der Waals surface area contributed by atoms with Crippen molar-refractivity contribution in [1.82, 2.24) is 13.8 Å². The Morgan fingerprint density at radius 2 is 0.724 bits per heavy atom. The first-order valence-corrected chi connectivity index (χ1v) is 19.0. The quantitative estimate of drug-likeness (QED) is 0.102. The monoisotopic (exact) mass is 891 g/mol. The summed E-state index contributed by atoms with van der Waals surface area (Å²) in [5.74, 6) is -3.23. The summed E-state index contributed by atoms with van der Waals surface area (Å²) in [6.45, 7) is 0. The Morgan fingerprint density at radius 3 is 1.10 bits per heavy atom. The molecular formula is C34H21F13N3O5P3. The fraction of sp³-hybridized carbons (Fsp3) is 0.118. The third-order valence-electron chi connectivity index (χ3n) is 7.18. The topological polar surface area (TPSA) is 55.9 Å². The van der Waals surface area contributed by atoms with Gasteiger partial charge in [0.1, 0.15) is 43.4 Å². The van der Waals surface area contributed by atoms with Crippen LogP contribution in [0.4, 0.5) is 57.1 Å². The Hall–Kier alpha value is -4.64. The fourth-order valence-corrected chi connectivity index (χ4v) is 10.5. The van der Waals surface area contributed by atoms with Crippen LogP contribution in [0.3, 0.4) is 0 Å². The number of nitrogens with zero attached hydrogens (tertiary/aromatic N) is 3. The summed E-state index contributed by atoms with van der Waals surface area (Å²) in [5, 5.41) is 0. The SMILES string of the molecule is Fc1ccc(OP2N(Oc3cccc(C(F)(F)F)c3)PN(Oc3cccc(C(F)(F)F)c3)P(Oc3cccc(C(F)(F)F)c3)N2Oc2cccc(C(F)(F)F)c2)cc1. The van der Waals surface area contributed by atoms with Gasteiger partial charge in [-0.2, -0.15) is 52.7 Å². The fourth-order valence-electron chi connectivity index (χ4n) is 4.57. The largest absolute Gasteiger partial charge is 0.440 e. The minimum atomic E-state index is -4.94. The molecule has 5 aromatic rings. The second kappa shape index (κ2) is 16.9. The molecule has 1 aliphatic rings. The van der Waals surface area contributed by atoms with Crippen LogP contribution in [0.2, 0.25) is 0 Å². The highest BCUT2D eigenvalue weighted by molar-refractivity contribution is 7.74. The molecule has 1 fully saturated rings. The van der Waals surface area contributed by atoms with Crippen molar-refractivity contribution in [3.05, 3.63) is 149 Å². The average Bonchev–Trinajstić information content (AvgIpc) is 3.14. The van der Waals surface area contributed by atoms with E-state index >= 15 is 0 Å². The molecule has 1 saturated heterocycles. The zero-order valence-electron chi connectivity index (χ0n) is 28.2. The molecule has 1 aliphatic heterocycles. The highest BCUT2D eigenvalue weighted by atomic mass is 31.3. The van der Waals surface area contributed by atoms with E-state index < -0.39 is 102 Å². The van der Waals surface area contributed by atoms with Gasteiger partial charge in [-0.3, -0.25) is 0 Å². The van der Waals surface area contributed by atoms with Crippen LogP contribution in [0.15, 0.2) is 121 Å². The molecule has 0 aliphatic carbocycles. The molecule has 0 amide bonds. The van der Waals surface area contributed by atoms with Crippen LogP contribution in [-0.4, -0.2) is 13.8 Å². The Kier molecular flexibility index (Phi) is 12.5. The summed E-state index contributed by atoms with van der Waals surface area (Å²) in [7, 11) is -7.30. The van der Waals surface area contributed by atoms with Crippen molar-refractivity contribution in [3.8, 4) is 28.7 Å². The minimum absolute atomic E-state index is 0.200. The van der Waals surface area contributed by atoms with Crippen LogP contribution in [0.1, 0.15) is 22.3 Å². The molecule has 308 valence electrons. The highest BCUT2D eigenvalue weighted by Crippen LogP contribution is 2.71. The standard InChI is InChI=1S/C34H21F13N3O5P3/c35-25-13-15-26(16-14-25)54-57-48(51-27-9-1-5-21(17-27)31(36,37)38)56-49(52-28-10-2-6-22(18-28)32(39,40)41)58(55-30-12-4-8-24(20-30)34(45,46)47)50(57)53-29-11-3-7-23(19-29)33(42,43)44/h1-20,56H. The molecule has 0 saturated carbocycles. The van der Waals surface area contributed by atoms with Gasteiger partial charge in [0.05, 0.1) is 22.3 Å². The zero-order valence-corrected chi connectivity index (χ0v) is 31.0. The summed E-state index contributed by atoms with van der Waals surface area (Å²) in [6, 6.07) is 16.8. The molecule has 0 aromatic heterocycles. The number of hydrogen-bond donors (Lipinski definition) is 0. The smallest absolute Gasteiger partial charge is 0.416 e. The molecule has 0 N–H and O–H groups in total. The van der Waals surface area contributed by atoms with E-state index in [0.717, 1.165) is 77.4 Å². The van der Waals surface area contributed by atoms with Crippen LogP contribution in [0.5, 0.6) is 28.7 Å². The van der Waals surface area contributed by atoms with Gasteiger partial charge in [0.15, 0.2) is 0 Å². The van der Waals surface area contributed by atoms with Crippen LogP contribution >= 0.6 is 25.8 Å². The molecule has 5 aromatic carbocycles. The van der Waals surface area contributed by atoms with Gasteiger partial charge >= 0.3 is 41.6 Å². The number of benzene rings is 5. The van der Waals surface area contributed by atoms with Crippen LogP contribution in [-0.2, 0) is 24.7 Å². The van der Waals surface area contributed by atoms with Crippen molar-refractivity contribution < 1.29 is 80.6 Å². The normalized spacial score (nSPS) is 17.9. The Labute approximate surface area is 322 Å². The van der Waals surface area contributed by atoms with Gasteiger partial charge in [-0.05, 0) is 106 Å². The predicted molar refractivity (Wildman–Crippen MR) is 183 cm³/mol. The van der Waals surface area contributed by atoms with Crippen molar-refractivity contribution in [2.24, 2.45) is 0 Å². The average molecular weight is 891 g/mol. The van der Waals surface area contributed by atoms with Gasteiger partial charge in [-0.25, -0.2) is 4.39 Å². The van der Waals surface area contributed by atoms with E-state index in [9.17, 15) is 57.1 Å². The van der Waals surface area contributed by atoms with Crippen molar-refractivity contribution in [3.63, 3.8) is 0 Å². The van der Waals surface area contributed by atoms with Crippen LogP contribution < -0.4 is 23.6 Å². The van der Waals surface area contributed by atoms with E-state index in [-0.39, 0.29) is 5.75 Å². The number of rotatable bonds is 10. The van der Waals surface area contributed by atoms with E-state index in [2.05, 4.69) is 0 Å². The van der Waals surface area contributed by atoms with E-state index in [4.69, 9.17) is 23.6 Å². The van der Waals surface area contributed by atoms with Crippen molar-refractivity contribution >= 4 is 25.8 Å². The molecule has 0 radical (unpaired) electrons. The van der Waals surface area contributed by atoms with Gasteiger partial charge in [0, 0.05) is 4.60 Å². The molecule has 0 bridgehead atoms. The number of hydrogen-bond acceptors (Lipinski definition) is 8. The molecule has 6 rings (SSSR count). The first-order chi connectivity index (χ1) is 27.1. The lowest BCUT2D eigenvalue weighted by Crippen LogP contribution is -2.40. The lowest BCUT2D eigenvalue weighted by Gasteiger charge is -2.45. The first-order valence-electron chi connectivity index (χ1n) is 15.7.